The number of carbonyl (C=O) groups is 1. The largest absolute Gasteiger partial charge is 0.455 e. The van der Waals surface area contributed by atoms with E-state index in [0.29, 0.717) is 5.56 Å². The van der Waals surface area contributed by atoms with Crippen molar-refractivity contribution in [3.05, 3.63) is 89.8 Å². The number of hydrogen-bond donors (Lipinski definition) is 0. The average Bonchev–Trinajstić information content (AvgIpc) is 2.65. The number of rotatable bonds is 4. The van der Waals surface area contributed by atoms with Gasteiger partial charge in [0, 0.05) is 5.56 Å². The normalized spacial score (nSPS) is 11.9. The smallest absolute Gasteiger partial charge is 0.370 e. The first-order valence-corrected chi connectivity index (χ1v) is 7.40. The van der Waals surface area contributed by atoms with Gasteiger partial charge < -0.3 is 4.74 Å². The fourth-order valence-corrected chi connectivity index (χ4v) is 2.33. The molecule has 0 aliphatic heterocycles. The van der Waals surface area contributed by atoms with Crippen LogP contribution in [0.4, 0.5) is 8.78 Å². The van der Waals surface area contributed by atoms with Crippen LogP contribution in [-0.2, 0) is 16.1 Å². The summed E-state index contributed by atoms with van der Waals surface area (Å²) >= 11 is 0. The third kappa shape index (κ3) is 3.49. The lowest BCUT2D eigenvalue weighted by Gasteiger charge is -2.05. The second kappa shape index (κ2) is 7.04. The molecule has 0 N–H and O–H groups in total. The summed E-state index contributed by atoms with van der Waals surface area (Å²) in [6.07, 6.45) is 0. The molecule has 24 heavy (non-hydrogen) atoms. The second-order valence-electron chi connectivity index (χ2n) is 5.25. The summed E-state index contributed by atoms with van der Waals surface area (Å²) in [5.74, 6) is -4.07. The minimum Gasteiger partial charge on any atom is -0.455 e. The highest BCUT2D eigenvalue weighted by Crippen LogP contribution is 2.26. The molecular formula is C20H14F2O2. The standard InChI is InChI=1S/C20H14F2O2/c21-18(17-11-10-15-8-4-5-9-16(15)12-17)19(22)20(23)24-13-14-6-2-1-3-7-14/h1-12H,13H2/b19-18-. The zero-order valence-corrected chi connectivity index (χ0v) is 12.7. The summed E-state index contributed by atoms with van der Waals surface area (Å²) in [6, 6.07) is 20.7. The molecule has 0 heterocycles. The summed E-state index contributed by atoms with van der Waals surface area (Å²) in [5, 5.41) is 1.66. The van der Waals surface area contributed by atoms with Crippen molar-refractivity contribution in [3.8, 4) is 0 Å². The zero-order valence-electron chi connectivity index (χ0n) is 12.7. The van der Waals surface area contributed by atoms with E-state index < -0.39 is 17.6 Å². The van der Waals surface area contributed by atoms with Crippen molar-refractivity contribution in [3.63, 3.8) is 0 Å². The molecule has 2 nitrogen and oxygen atoms in total. The van der Waals surface area contributed by atoms with Gasteiger partial charge in [-0.3, -0.25) is 0 Å². The second-order valence-corrected chi connectivity index (χ2v) is 5.25. The third-order valence-corrected chi connectivity index (χ3v) is 3.59. The van der Waals surface area contributed by atoms with E-state index >= 15 is 0 Å². The number of carbonyl (C=O) groups excluding carboxylic acids is 1. The summed E-state index contributed by atoms with van der Waals surface area (Å²) < 4.78 is 33.1. The molecule has 120 valence electrons. The van der Waals surface area contributed by atoms with E-state index in [0.717, 1.165) is 10.8 Å². The van der Waals surface area contributed by atoms with Gasteiger partial charge in [-0.2, -0.15) is 4.39 Å². The Balaban J connectivity index is 1.79. The zero-order chi connectivity index (χ0) is 16.9. The Labute approximate surface area is 138 Å². The topological polar surface area (TPSA) is 26.3 Å². The monoisotopic (exact) mass is 324 g/mol. The lowest BCUT2D eigenvalue weighted by atomic mass is 10.1. The van der Waals surface area contributed by atoms with Crippen molar-refractivity contribution in [1.29, 1.82) is 0 Å². The Morgan fingerprint density at radius 1 is 0.833 bits per heavy atom. The van der Waals surface area contributed by atoms with E-state index in [2.05, 4.69) is 0 Å². The molecular weight excluding hydrogens is 310 g/mol. The number of hydrogen-bond acceptors (Lipinski definition) is 2. The van der Waals surface area contributed by atoms with Crippen LogP contribution in [0, 0.1) is 0 Å². The molecule has 0 spiro atoms. The summed E-state index contributed by atoms with van der Waals surface area (Å²) in [7, 11) is 0. The molecule has 0 amide bonds. The van der Waals surface area contributed by atoms with E-state index in [4.69, 9.17) is 4.74 Å². The molecule has 0 fully saturated rings. The molecule has 0 unspecified atom stereocenters. The lowest BCUT2D eigenvalue weighted by Crippen LogP contribution is -2.06. The Hall–Kier alpha value is -3.01. The molecule has 3 rings (SSSR count). The molecule has 4 heteroatoms. The number of fused-ring (bicyclic) bond motifs is 1. The Kier molecular flexibility index (Phi) is 4.66. The maximum absolute atomic E-state index is 14.2. The van der Waals surface area contributed by atoms with Gasteiger partial charge in [-0.15, -0.1) is 0 Å². The molecule has 0 atom stereocenters. The summed E-state index contributed by atoms with van der Waals surface area (Å²) in [5.41, 5.74) is 0.702. The first-order chi connectivity index (χ1) is 11.6. The number of benzene rings is 3. The highest BCUT2D eigenvalue weighted by molar-refractivity contribution is 5.95. The summed E-state index contributed by atoms with van der Waals surface area (Å²) in [6.45, 7) is -0.113. The molecule has 3 aromatic carbocycles. The van der Waals surface area contributed by atoms with Gasteiger partial charge in [-0.25, -0.2) is 9.18 Å². The molecule has 0 saturated carbocycles. The van der Waals surface area contributed by atoms with Gasteiger partial charge >= 0.3 is 5.97 Å². The van der Waals surface area contributed by atoms with Crippen LogP contribution in [0.25, 0.3) is 16.6 Å². The first-order valence-electron chi connectivity index (χ1n) is 7.40. The van der Waals surface area contributed by atoms with Crippen LogP contribution >= 0.6 is 0 Å². The number of halogens is 2. The van der Waals surface area contributed by atoms with E-state index in [1.54, 1.807) is 42.5 Å². The van der Waals surface area contributed by atoms with E-state index in [1.165, 1.54) is 12.1 Å². The van der Waals surface area contributed by atoms with Gasteiger partial charge in [-0.05, 0) is 22.4 Å². The molecule has 0 aliphatic carbocycles. The van der Waals surface area contributed by atoms with Gasteiger partial charge in [0.15, 0.2) is 5.83 Å². The summed E-state index contributed by atoms with van der Waals surface area (Å²) in [4.78, 5) is 11.7. The quantitative estimate of drug-likeness (QED) is 0.487. The van der Waals surface area contributed by atoms with Crippen molar-refractivity contribution >= 4 is 22.6 Å². The first kappa shape index (κ1) is 15.9. The number of esters is 1. The molecule has 0 bridgehead atoms. The van der Waals surface area contributed by atoms with Gasteiger partial charge in [0.05, 0.1) is 0 Å². The Morgan fingerprint density at radius 3 is 2.25 bits per heavy atom. The van der Waals surface area contributed by atoms with Crippen LogP contribution in [0.2, 0.25) is 0 Å². The third-order valence-electron chi connectivity index (χ3n) is 3.59. The van der Waals surface area contributed by atoms with Gasteiger partial charge in [-0.1, -0.05) is 66.7 Å². The van der Waals surface area contributed by atoms with Gasteiger partial charge in [0.2, 0.25) is 5.83 Å². The van der Waals surface area contributed by atoms with Crippen molar-refractivity contribution in [1.82, 2.24) is 0 Å². The highest BCUT2D eigenvalue weighted by Gasteiger charge is 2.19. The molecule has 3 aromatic rings. The maximum Gasteiger partial charge on any atom is 0.370 e. The van der Waals surface area contributed by atoms with Gasteiger partial charge in [0.25, 0.3) is 0 Å². The van der Waals surface area contributed by atoms with Gasteiger partial charge in [0.1, 0.15) is 6.61 Å². The Morgan fingerprint density at radius 2 is 1.50 bits per heavy atom. The van der Waals surface area contributed by atoms with E-state index in [9.17, 15) is 13.6 Å². The van der Waals surface area contributed by atoms with Crippen molar-refractivity contribution in [2.75, 3.05) is 0 Å². The average molecular weight is 324 g/mol. The lowest BCUT2D eigenvalue weighted by molar-refractivity contribution is -0.142. The molecule has 0 aliphatic rings. The molecule has 0 saturated heterocycles. The van der Waals surface area contributed by atoms with Crippen LogP contribution in [0.5, 0.6) is 0 Å². The highest BCUT2D eigenvalue weighted by atomic mass is 19.2. The van der Waals surface area contributed by atoms with Crippen molar-refractivity contribution in [2.45, 2.75) is 6.61 Å². The minimum absolute atomic E-state index is 0.00265. The van der Waals surface area contributed by atoms with Crippen molar-refractivity contribution < 1.29 is 18.3 Å². The fraction of sp³-hybridized carbons (Fsp3) is 0.0500. The fourth-order valence-electron chi connectivity index (χ4n) is 2.33. The van der Waals surface area contributed by atoms with Crippen LogP contribution in [-0.4, -0.2) is 5.97 Å². The van der Waals surface area contributed by atoms with Crippen LogP contribution < -0.4 is 0 Å². The molecule has 0 aromatic heterocycles. The maximum atomic E-state index is 14.2. The predicted octanol–water partition coefficient (Wildman–Crippen LogP) is 5.19. The molecule has 0 radical (unpaired) electrons. The van der Waals surface area contributed by atoms with Crippen LogP contribution in [0.1, 0.15) is 11.1 Å². The Bertz CT molecular complexity index is 902. The SMILES string of the molecule is O=C(OCc1ccccc1)/C(F)=C(/F)c1ccc2ccccc2c1. The van der Waals surface area contributed by atoms with Crippen LogP contribution in [0.15, 0.2) is 78.6 Å². The van der Waals surface area contributed by atoms with Crippen molar-refractivity contribution in [2.24, 2.45) is 0 Å². The van der Waals surface area contributed by atoms with E-state index in [-0.39, 0.29) is 12.2 Å². The number of ether oxygens (including phenoxy) is 1. The minimum atomic E-state index is -1.53. The van der Waals surface area contributed by atoms with Crippen LogP contribution in [0.3, 0.4) is 0 Å². The predicted molar refractivity (Wildman–Crippen MR) is 89.3 cm³/mol. The van der Waals surface area contributed by atoms with E-state index in [1.807, 2.05) is 18.2 Å².